The molecule has 6 unspecified atom stereocenters. The van der Waals surface area contributed by atoms with Crippen molar-refractivity contribution < 1.29 is 49.7 Å². The van der Waals surface area contributed by atoms with E-state index in [4.69, 9.17) is 14.6 Å². The molecule has 170 valence electrons. The lowest BCUT2D eigenvalue weighted by Crippen LogP contribution is -2.59. The fourth-order valence-corrected chi connectivity index (χ4v) is 3.16. The van der Waals surface area contributed by atoms with Gasteiger partial charge in [-0.2, -0.15) is 0 Å². The number of nitrogens with one attached hydrogen (secondary N) is 1. The molecule has 1 amide bonds. The van der Waals surface area contributed by atoms with Crippen LogP contribution >= 0.6 is 0 Å². The minimum Gasteiger partial charge on any atom is -0.480 e. The van der Waals surface area contributed by atoms with Crippen LogP contribution < -0.4 is 5.32 Å². The second-order valence-electron chi connectivity index (χ2n) is 7.16. The molecule has 8 atom stereocenters. The van der Waals surface area contributed by atoms with E-state index in [-0.39, 0.29) is 38.2 Å². The van der Waals surface area contributed by atoms with Gasteiger partial charge in [-0.15, -0.1) is 0 Å². The highest BCUT2D eigenvalue weighted by molar-refractivity contribution is 5.75. The number of aliphatic hydroxyl groups excluding tert-OH is 5. The molecule has 1 fully saturated rings. The van der Waals surface area contributed by atoms with E-state index in [9.17, 15) is 35.1 Å². The van der Waals surface area contributed by atoms with Crippen molar-refractivity contribution in [1.29, 1.82) is 0 Å². The molecule has 0 aromatic heterocycles. The number of rotatable bonds is 12. The van der Waals surface area contributed by atoms with Gasteiger partial charge in [0.1, 0.15) is 31.0 Å². The van der Waals surface area contributed by atoms with Crippen LogP contribution in [0.5, 0.6) is 0 Å². The average Bonchev–Trinajstić information content (AvgIpc) is 2.70. The SMILES string of the molecule is CCC(=O)NC(CC[C@H]1OC(COCC(=O)O)[C@H](O)C(O)C1O)C(O)C(O)CC. The summed E-state index contributed by atoms with van der Waals surface area (Å²) in [6.07, 6.45) is -8.10. The summed E-state index contributed by atoms with van der Waals surface area (Å²) in [5.41, 5.74) is 0. The Morgan fingerprint density at radius 1 is 1.07 bits per heavy atom. The molecule has 1 aliphatic rings. The molecule has 1 heterocycles. The molecule has 29 heavy (non-hydrogen) atoms. The van der Waals surface area contributed by atoms with Crippen molar-refractivity contribution in [3.63, 3.8) is 0 Å². The highest BCUT2D eigenvalue weighted by atomic mass is 16.6. The zero-order valence-corrected chi connectivity index (χ0v) is 16.7. The summed E-state index contributed by atoms with van der Waals surface area (Å²) in [5.74, 6) is -1.52. The average molecular weight is 423 g/mol. The van der Waals surface area contributed by atoms with Gasteiger partial charge in [0.05, 0.1) is 31.0 Å². The zero-order valence-electron chi connectivity index (χ0n) is 16.7. The Kier molecular flexibility index (Phi) is 11.0. The molecule has 1 aliphatic heterocycles. The third kappa shape index (κ3) is 7.78. The van der Waals surface area contributed by atoms with Gasteiger partial charge >= 0.3 is 5.97 Å². The molecular formula is C18H33NO10. The van der Waals surface area contributed by atoms with Crippen molar-refractivity contribution in [2.24, 2.45) is 0 Å². The summed E-state index contributed by atoms with van der Waals surface area (Å²) < 4.78 is 10.5. The lowest BCUT2D eigenvalue weighted by molar-refractivity contribution is -0.234. The summed E-state index contributed by atoms with van der Waals surface area (Å²) in [7, 11) is 0. The van der Waals surface area contributed by atoms with E-state index >= 15 is 0 Å². The fraction of sp³-hybridized carbons (Fsp3) is 0.889. The smallest absolute Gasteiger partial charge is 0.329 e. The Bertz CT molecular complexity index is 519. The number of carboxylic acid groups (broad SMARTS) is 1. The largest absolute Gasteiger partial charge is 0.480 e. The quantitative estimate of drug-likeness (QED) is 0.181. The third-order valence-electron chi connectivity index (χ3n) is 4.97. The van der Waals surface area contributed by atoms with Crippen molar-refractivity contribution in [3.8, 4) is 0 Å². The summed E-state index contributed by atoms with van der Waals surface area (Å²) >= 11 is 0. The first-order valence-corrected chi connectivity index (χ1v) is 9.76. The maximum Gasteiger partial charge on any atom is 0.329 e. The van der Waals surface area contributed by atoms with Gasteiger partial charge in [-0.3, -0.25) is 4.79 Å². The molecule has 0 bridgehead atoms. The topological polar surface area (TPSA) is 186 Å². The van der Waals surface area contributed by atoms with E-state index < -0.39 is 61.3 Å². The second-order valence-corrected chi connectivity index (χ2v) is 7.16. The van der Waals surface area contributed by atoms with Crippen molar-refractivity contribution in [3.05, 3.63) is 0 Å². The van der Waals surface area contributed by atoms with Crippen molar-refractivity contribution in [1.82, 2.24) is 5.32 Å². The molecule has 1 saturated heterocycles. The van der Waals surface area contributed by atoms with Crippen LogP contribution in [0.25, 0.3) is 0 Å². The molecule has 11 heteroatoms. The first kappa shape index (κ1) is 25.7. The molecule has 7 N–H and O–H groups in total. The lowest BCUT2D eigenvalue weighted by atomic mass is 9.90. The first-order chi connectivity index (χ1) is 13.6. The molecule has 11 nitrogen and oxygen atoms in total. The van der Waals surface area contributed by atoms with Crippen LogP contribution in [-0.4, -0.2) is 104 Å². The second kappa shape index (κ2) is 12.4. The third-order valence-corrected chi connectivity index (χ3v) is 4.97. The van der Waals surface area contributed by atoms with E-state index in [1.807, 2.05) is 0 Å². The van der Waals surface area contributed by atoms with E-state index in [2.05, 4.69) is 5.32 Å². The maximum absolute atomic E-state index is 11.8. The van der Waals surface area contributed by atoms with Gasteiger partial charge in [-0.1, -0.05) is 13.8 Å². The van der Waals surface area contributed by atoms with Crippen LogP contribution in [0, 0.1) is 0 Å². The van der Waals surface area contributed by atoms with Crippen molar-refractivity contribution in [2.75, 3.05) is 13.2 Å². The first-order valence-electron chi connectivity index (χ1n) is 9.76. The predicted molar refractivity (Wildman–Crippen MR) is 98.9 cm³/mol. The Hall–Kier alpha value is -1.34. The number of carbonyl (C=O) groups excluding carboxylic acids is 1. The normalized spacial score (nSPS) is 30.4. The molecule has 0 radical (unpaired) electrons. The van der Waals surface area contributed by atoms with Gasteiger partial charge in [0.25, 0.3) is 0 Å². The van der Waals surface area contributed by atoms with Gasteiger partial charge < -0.3 is 45.4 Å². The van der Waals surface area contributed by atoms with Crippen LogP contribution in [0.4, 0.5) is 0 Å². The number of amides is 1. The van der Waals surface area contributed by atoms with Crippen LogP contribution in [0.3, 0.4) is 0 Å². The Balaban J connectivity index is 2.76. The van der Waals surface area contributed by atoms with Crippen molar-refractivity contribution in [2.45, 2.75) is 88.3 Å². The Labute approximate surface area is 169 Å². The van der Waals surface area contributed by atoms with Gasteiger partial charge in [0.2, 0.25) is 5.91 Å². The van der Waals surface area contributed by atoms with E-state index in [1.165, 1.54) is 0 Å². The number of aliphatic carboxylic acids is 1. The summed E-state index contributed by atoms with van der Waals surface area (Å²) in [4.78, 5) is 22.3. The van der Waals surface area contributed by atoms with Crippen LogP contribution in [0.1, 0.15) is 39.5 Å². The monoisotopic (exact) mass is 423 g/mol. The van der Waals surface area contributed by atoms with Gasteiger partial charge in [0, 0.05) is 6.42 Å². The number of hydrogen-bond acceptors (Lipinski definition) is 9. The number of aliphatic hydroxyl groups is 5. The lowest BCUT2D eigenvalue weighted by Gasteiger charge is -2.41. The number of ether oxygens (including phenoxy) is 2. The van der Waals surface area contributed by atoms with Crippen LogP contribution in [0.15, 0.2) is 0 Å². The van der Waals surface area contributed by atoms with E-state index in [0.717, 1.165) is 0 Å². The molecule has 0 aromatic rings. The standard InChI is InChI=1S/C18H33NO10/c1-3-10(20)15(24)9(19-13(21)4-2)5-6-11-16(25)18(27)17(26)12(29-11)7-28-8-14(22)23/h9-12,15-18,20,24-27H,3-8H2,1-2H3,(H,19,21)(H,22,23)/t9?,10?,11-,12?,15?,16?,17+,18?/m1/s1. The number of carboxylic acids is 1. The number of carbonyl (C=O) groups is 2. The van der Waals surface area contributed by atoms with E-state index in [1.54, 1.807) is 13.8 Å². The molecule has 0 saturated carbocycles. The Morgan fingerprint density at radius 3 is 2.24 bits per heavy atom. The zero-order chi connectivity index (χ0) is 22.1. The highest BCUT2D eigenvalue weighted by Crippen LogP contribution is 2.25. The van der Waals surface area contributed by atoms with Crippen LogP contribution in [-0.2, 0) is 19.1 Å². The van der Waals surface area contributed by atoms with Crippen LogP contribution in [0.2, 0.25) is 0 Å². The molecule has 0 aromatic carbocycles. The summed E-state index contributed by atoms with van der Waals surface area (Å²) in [5, 5.41) is 61.7. The summed E-state index contributed by atoms with van der Waals surface area (Å²) in [6.45, 7) is 2.41. The molecule has 0 aliphatic carbocycles. The van der Waals surface area contributed by atoms with E-state index in [0.29, 0.717) is 0 Å². The van der Waals surface area contributed by atoms with Gasteiger partial charge in [0.15, 0.2) is 0 Å². The molecule has 1 rings (SSSR count). The maximum atomic E-state index is 11.8. The fourth-order valence-electron chi connectivity index (χ4n) is 3.16. The predicted octanol–water partition coefficient (Wildman–Crippen LogP) is -2.26. The minimum absolute atomic E-state index is 0.0858. The Morgan fingerprint density at radius 2 is 1.69 bits per heavy atom. The van der Waals surface area contributed by atoms with Crippen molar-refractivity contribution >= 4 is 11.9 Å². The highest BCUT2D eigenvalue weighted by Gasteiger charge is 2.44. The van der Waals surface area contributed by atoms with Gasteiger partial charge in [-0.25, -0.2) is 4.79 Å². The molecule has 0 spiro atoms. The number of hydrogen-bond donors (Lipinski definition) is 7. The molecular weight excluding hydrogens is 390 g/mol. The van der Waals surface area contributed by atoms with Gasteiger partial charge in [-0.05, 0) is 19.3 Å². The minimum atomic E-state index is -1.54. The summed E-state index contributed by atoms with van der Waals surface area (Å²) in [6, 6.07) is -0.807.